The van der Waals surface area contributed by atoms with Crippen molar-refractivity contribution in [3.05, 3.63) is 29.3 Å². The highest BCUT2D eigenvalue weighted by Gasteiger charge is 2.12. The van der Waals surface area contributed by atoms with E-state index in [1.807, 2.05) is 6.07 Å². The summed E-state index contributed by atoms with van der Waals surface area (Å²) in [4.78, 5) is 2.42. The van der Waals surface area contributed by atoms with Crippen molar-refractivity contribution >= 4 is 0 Å². The lowest BCUT2D eigenvalue weighted by atomic mass is 10.0. The number of aryl methyl sites for hydroxylation is 1. The van der Waals surface area contributed by atoms with Crippen LogP contribution in [-0.2, 0) is 6.54 Å². The second kappa shape index (κ2) is 7.42. The van der Waals surface area contributed by atoms with Gasteiger partial charge < -0.3 is 5.11 Å². The van der Waals surface area contributed by atoms with Gasteiger partial charge in [-0.2, -0.15) is 0 Å². The van der Waals surface area contributed by atoms with Crippen molar-refractivity contribution in [3.63, 3.8) is 0 Å². The van der Waals surface area contributed by atoms with Crippen LogP contribution in [0.1, 0.15) is 44.7 Å². The van der Waals surface area contributed by atoms with Gasteiger partial charge in [-0.3, -0.25) is 4.90 Å². The Bertz CT molecular complexity index is 358. The predicted octanol–water partition coefficient (Wildman–Crippen LogP) is 3.96. The summed E-state index contributed by atoms with van der Waals surface area (Å²) in [5, 5.41) is 9.90. The van der Waals surface area contributed by atoms with Crippen LogP contribution in [0.2, 0.25) is 0 Å². The fourth-order valence-electron chi connectivity index (χ4n) is 2.30. The summed E-state index contributed by atoms with van der Waals surface area (Å²) in [5.74, 6) is 1.18. The molecule has 0 aliphatic heterocycles. The summed E-state index contributed by atoms with van der Waals surface area (Å²) in [5.41, 5.74) is 2.25. The highest BCUT2D eigenvalue weighted by atomic mass is 16.3. The molecule has 0 saturated carbocycles. The van der Waals surface area contributed by atoms with Crippen LogP contribution in [0.15, 0.2) is 18.2 Å². The minimum atomic E-state index is 0.420. The van der Waals surface area contributed by atoms with Gasteiger partial charge >= 0.3 is 0 Å². The zero-order chi connectivity index (χ0) is 13.5. The largest absolute Gasteiger partial charge is 0.508 e. The molecule has 0 radical (unpaired) electrons. The summed E-state index contributed by atoms with van der Waals surface area (Å²) in [6.07, 6.45) is 2.46. The summed E-state index contributed by atoms with van der Waals surface area (Å²) in [6, 6.07) is 5.84. The van der Waals surface area contributed by atoms with Gasteiger partial charge in [-0.15, -0.1) is 0 Å². The number of aromatic hydroxyl groups is 1. The van der Waals surface area contributed by atoms with Crippen molar-refractivity contribution < 1.29 is 5.11 Å². The molecule has 2 heteroatoms. The van der Waals surface area contributed by atoms with Crippen molar-refractivity contribution in [2.75, 3.05) is 13.1 Å². The number of phenols is 1. The van der Waals surface area contributed by atoms with Crippen LogP contribution in [0.4, 0.5) is 0 Å². The normalized spacial score (nSPS) is 11.4. The number of hydrogen-bond acceptors (Lipinski definition) is 2. The lowest BCUT2D eigenvalue weighted by molar-refractivity contribution is 0.224. The molecular formula is C16H27NO. The summed E-state index contributed by atoms with van der Waals surface area (Å²) < 4.78 is 0. The molecule has 0 fully saturated rings. The topological polar surface area (TPSA) is 23.5 Å². The van der Waals surface area contributed by atoms with Crippen LogP contribution in [0, 0.1) is 12.8 Å². The first-order valence-electron chi connectivity index (χ1n) is 7.11. The van der Waals surface area contributed by atoms with E-state index < -0.39 is 0 Å². The Morgan fingerprint density at radius 1 is 1.17 bits per heavy atom. The molecular weight excluding hydrogens is 222 g/mol. The fourth-order valence-corrected chi connectivity index (χ4v) is 2.30. The van der Waals surface area contributed by atoms with E-state index in [4.69, 9.17) is 0 Å². The average Bonchev–Trinajstić information content (AvgIpc) is 2.38. The highest BCUT2D eigenvalue weighted by molar-refractivity contribution is 5.35. The van der Waals surface area contributed by atoms with E-state index in [0.717, 1.165) is 31.1 Å². The Morgan fingerprint density at radius 2 is 1.83 bits per heavy atom. The van der Waals surface area contributed by atoms with Crippen LogP contribution in [-0.4, -0.2) is 23.1 Å². The first kappa shape index (κ1) is 15.0. The third kappa shape index (κ3) is 4.34. The number of hydrogen-bond donors (Lipinski definition) is 1. The van der Waals surface area contributed by atoms with Gasteiger partial charge in [0.15, 0.2) is 0 Å². The third-order valence-corrected chi connectivity index (χ3v) is 3.75. The second-order valence-corrected chi connectivity index (χ2v) is 5.14. The molecule has 2 nitrogen and oxygen atoms in total. The predicted molar refractivity (Wildman–Crippen MR) is 77.9 cm³/mol. The van der Waals surface area contributed by atoms with Gasteiger partial charge in [0, 0.05) is 18.7 Å². The van der Waals surface area contributed by atoms with Gasteiger partial charge in [0.05, 0.1) is 0 Å². The zero-order valence-electron chi connectivity index (χ0n) is 12.2. The van der Waals surface area contributed by atoms with Gasteiger partial charge in [0.1, 0.15) is 5.75 Å². The molecule has 0 aliphatic rings. The van der Waals surface area contributed by atoms with Crippen molar-refractivity contribution in [2.24, 2.45) is 5.92 Å². The van der Waals surface area contributed by atoms with Gasteiger partial charge in [0.2, 0.25) is 0 Å². The lowest BCUT2D eigenvalue weighted by Gasteiger charge is -2.25. The molecule has 1 N–H and O–H groups in total. The van der Waals surface area contributed by atoms with Gasteiger partial charge in [-0.25, -0.2) is 0 Å². The molecule has 1 aromatic rings. The molecule has 0 saturated heterocycles. The minimum absolute atomic E-state index is 0.420. The van der Waals surface area contributed by atoms with Gasteiger partial charge in [-0.05, 0) is 25.5 Å². The quantitative estimate of drug-likeness (QED) is 0.790. The van der Waals surface area contributed by atoms with Crippen molar-refractivity contribution in [1.29, 1.82) is 0 Å². The molecule has 0 aliphatic carbocycles. The molecule has 1 rings (SSSR count). The van der Waals surface area contributed by atoms with Crippen LogP contribution < -0.4 is 0 Å². The number of benzene rings is 1. The SMILES string of the molecule is CCC(CC)CN(CC)Cc1cc(C)ccc1O. The second-order valence-electron chi connectivity index (χ2n) is 5.14. The van der Waals surface area contributed by atoms with E-state index in [9.17, 15) is 5.11 Å². The maximum absolute atomic E-state index is 9.90. The maximum Gasteiger partial charge on any atom is 0.120 e. The first-order chi connectivity index (χ1) is 8.60. The molecule has 0 aromatic heterocycles. The van der Waals surface area contributed by atoms with E-state index in [-0.39, 0.29) is 0 Å². The van der Waals surface area contributed by atoms with Crippen molar-refractivity contribution in [3.8, 4) is 5.75 Å². The van der Waals surface area contributed by atoms with Crippen LogP contribution in [0.5, 0.6) is 5.75 Å². The molecule has 0 bridgehead atoms. The van der Waals surface area contributed by atoms with Crippen LogP contribution in [0.3, 0.4) is 0 Å². The van der Waals surface area contributed by atoms with Gasteiger partial charge in [-0.1, -0.05) is 51.3 Å². The number of rotatable bonds is 7. The van der Waals surface area contributed by atoms with E-state index in [0.29, 0.717) is 5.75 Å². The van der Waals surface area contributed by atoms with Crippen molar-refractivity contribution in [1.82, 2.24) is 4.90 Å². The molecule has 102 valence electrons. The smallest absolute Gasteiger partial charge is 0.120 e. The molecule has 0 amide bonds. The molecule has 0 heterocycles. The number of phenolic OH excluding ortho intramolecular Hbond substituents is 1. The lowest BCUT2D eigenvalue weighted by Crippen LogP contribution is -2.28. The standard InChI is InChI=1S/C16H27NO/c1-5-14(6-2)11-17(7-3)12-15-10-13(4)8-9-16(15)18/h8-10,14,18H,5-7,11-12H2,1-4H3. The Hall–Kier alpha value is -1.02. The average molecular weight is 249 g/mol. The number of nitrogens with zero attached hydrogens (tertiary/aromatic N) is 1. The van der Waals surface area contributed by atoms with Gasteiger partial charge in [0.25, 0.3) is 0 Å². The van der Waals surface area contributed by atoms with Crippen LogP contribution in [0.25, 0.3) is 0 Å². The summed E-state index contributed by atoms with van der Waals surface area (Å²) in [6.45, 7) is 11.8. The minimum Gasteiger partial charge on any atom is -0.508 e. The van der Waals surface area contributed by atoms with Crippen molar-refractivity contribution in [2.45, 2.75) is 47.1 Å². The molecule has 18 heavy (non-hydrogen) atoms. The summed E-state index contributed by atoms with van der Waals surface area (Å²) in [7, 11) is 0. The van der Waals surface area contributed by atoms with E-state index in [1.165, 1.54) is 18.4 Å². The zero-order valence-corrected chi connectivity index (χ0v) is 12.2. The Balaban J connectivity index is 2.70. The van der Waals surface area contributed by atoms with E-state index in [1.54, 1.807) is 6.07 Å². The molecule has 0 unspecified atom stereocenters. The Labute approximate surface area is 112 Å². The van der Waals surface area contributed by atoms with E-state index >= 15 is 0 Å². The van der Waals surface area contributed by atoms with E-state index in [2.05, 4.69) is 38.7 Å². The fraction of sp³-hybridized carbons (Fsp3) is 0.625. The molecule has 0 atom stereocenters. The third-order valence-electron chi connectivity index (χ3n) is 3.75. The first-order valence-corrected chi connectivity index (χ1v) is 7.11. The molecule has 0 spiro atoms. The Morgan fingerprint density at radius 3 is 2.39 bits per heavy atom. The summed E-state index contributed by atoms with van der Waals surface area (Å²) >= 11 is 0. The monoisotopic (exact) mass is 249 g/mol. The maximum atomic E-state index is 9.90. The highest BCUT2D eigenvalue weighted by Crippen LogP contribution is 2.21. The molecule has 1 aromatic carbocycles. The Kier molecular flexibility index (Phi) is 6.20. The van der Waals surface area contributed by atoms with Crippen LogP contribution >= 0.6 is 0 Å².